The number of benzene rings is 2. The molecule has 0 heterocycles. The Morgan fingerprint density at radius 3 is 2.57 bits per heavy atom. The van der Waals surface area contributed by atoms with E-state index in [9.17, 15) is 13.6 Å². The second-order valence-electron chi connectivity index (χ2n) is 4.71. The summed E-state index contributed by atoms with van der Waals surface area (Å²) in [5.41, 5.74) is 2.49. The van der Waals surface area contributed by atoms with Crippen LogP contribution in [0, 0.1) is 18.6 Å². The number of hydrogen-bond donors (Lipinski definition) is 2. The summed E-state index contributed by atoms with van der Waals surface area (Å²) in [6, 6.07) is 11.1. The van der Waals surface area contributed by atoms with Gasteiger partial charge in [0.05, 0.1) is 6.54 Å². The zero-order chi connectivity index (χ0) is 15.2. The summed E-state index contributed by atoms with van der Waals surface area (Å²) in [6.45, 7) is 2.66. The van der Waals surface area contributed by atoms with Crippen LogP contribution < -0.4 is 10.6 Å². The maximum absolute atomic E-state index is 13.0. The number of amides is 1. The van der Waals surface area contributed by atoms with Crippen LogP contribution in [0.5, 0.6) is 0 Å². The lowest BCUT2D eigenvalue weighted by Crippen LogP contribution is -2.28. The van der Waals surface area contributed by atoms with Gasteiger partial charge in [-0.15, -0.1) is 0 Å². The van der Waals surface area contributed by atoms with Crippen molar-refractivity contribution >= 4 is 11.6 Å². The number of aryl methyl sites for hydroxylation is 1. The van der Waals surface area contributed by atoms with Gasteiger partial charge in [-0.3, -0.25) is 4.79 Å². The third kappa shape index (κ3) is 4.36. The third-order valence-corrected chi connectivity index (χ3v) is 3.07. The molecule has 0 unspecified atom stereocenters. The molecule has 0 saturated carbocycles. The lowest BCUT2D eigenvalue weighted by molar-refractivity contribution is -0.115. The molecule has 3 nitrogen and oxygen atoms in total. The first-order chi connectivity index (χ1) is 10.1. The van der Waals surface area contributed by atoms with Crippen LogP contribution in [0.1, 0.15) is 11.1 Å². The minimum Gasteiger partial charge on any atom is -0.325 e. The first-order valence-corrected chi connectivity index (χ1v) is 6.56. The van der Waals surface area contributed by atoms with E-state index in [0.717, 1.165) is 23.3 Å². The number of rotatable bonds is 5. The van der Waals surface area contributed by atoms with Gasteiger partial charge in [0.15, 0.2) is 11.6 Å². The third-order valence-electron chi connectivity index (χ3n) is 3.07. The Labute approximate surface area is 122 Å². The Kier molecular flexibility index (Phi) is 5.00. The van der Waals surface area contributed by atoms with E-state index < -0.39 is 11.6 Å². The van der Waals surface area contributed by atoms with Crippen molar-refractivity contribution in [1.29, 1.82) is 0 Å². The molecular formula is C16H16F2N2O. The molecule has 0 spiro atoms. The maximum atomic E-state index is 13.0. The smallest absolute Gasteiger partial charge is 0.238 e. The molecule has 21 heavy (non-hydrogen) atoms. The molecule has 2 rings (SSSR count). The molecule has 0 saturated heterocycles. The molecule has 0 radical (unpaired) electrons. The Hall–Kier alpha value is -2.27. The Morgan fingerprint density at radius 1 is 1.10 bits per heavy atom. The first kappa shape index (κ1) is 15.1. The number of anilines is 1. The van der Waals surface area contributed by atoms with Gasteiger partial charge < -0.3 is 10.6 Å². The minimum atomic E-state index is -0.985. The molecule has 1 amide bonds. The van der Waals surface area contributed by atoms with Crippen LogP contribution in [-0.2, 0) is 11.3 Å². The number of halogens is 2. The van der Waals surface area contributed by atoms with Gasteiger partial charge in [-0.25, -0.2) is 8.78 Å². The van der Waals surface area contributed by atoms with Crippen LogP contribution >= 0.6 is 0 Å². The van der Waals surface area contributed by atoms with E-state index >= 15 is 0 Å². The molecule has 0 fully saturated rings. The molecule has 110 valence electrons. The second kappa shape index (κ2) is 6.95. The van der Waals surface area contributed by atoms with E-state index in [-0.39, 0.29) is 18.1 Å². The van der Waals surface area contributed by atoms with Crippen LogP contribution in [0.3, 0.4) is 0 Å². The van der Waals surface area contributed by atoms with Gasteiger partial charge in [-0.2, -0.15) is 0 Å². The topological polar surface area (TPSA) is 41.1 Å². The molecule has 0 aromatic heterocycles. The van der Waals surface area contributed by atoms with E-state index in [1.165, 1.54) is 6.07 Å². The second-order valence-corrected chi connectivity index (χ2v) is 4.71. The molecule has 2 N–H and O–H groups in total. The van der Waals surface area contributed by atoms with Crippen LogP contribution in [0.15, 0.2) is 42.5 Å². The highest BCUT2D eigenvalue weighted by atomic mass is 19.2. The van der Waals surface area contributed by atoms with E-state index in [4.69, 9.17) is 0 Å². The van der Waals surface area contributed by atoms with Crippen LogP contribution in [0.2, 0.25) is 0 Å². The molecule has 0 aliphatic carbocycles. The summed E-state index contributed by atoms with van der Waals surface area (Å²) in [5, 5.41) is 5.51. The van der Waals surface area contributed by atoms with Crippen LogP contribution in [0.4, 0.5) is 14.5 Å². The summed E-state index contributed by atoms with van der Waals surface area (Å²) in [4.78, 5) is 11.7. The van der Waals surface area contributed by atoms with Gasteiger partial charge in [0.2, 0.25) is 5.91 Å². The van der Waals surface area contributed by atoms with Crippen molar-refractivity contribution in [3.05, 3.63) is 65.2 Å². The van der Waals surface area contributed by atoms with Gasteiger partial charge >= 0.3 is 0 Å². The largest absolute Gasteiger partial charge is 0.325 e. The molecular weight excluding hydrogens is 274 g/mol. The summed E-state index contributed by atoms with van der Waals surface area (Å²) in [5.74, 6) is -2.24. The van der Waals surface area contributed by atoms with E-state index in [1.807, 2.05) is 31.2 Å². The lowest BCUT2D eigenvalue weighted by atomic mass is 10.1. The highest BCUT2D eigenvalue weighted by molar-refractivity contribution is 5.92. The van der Waals surface area contributed by atoms with Crippen molar-refractivity contribution in [2.24, 2.45) is 0 Å². The molecule has 2 aromatic carbocycles. The summed E-state index contributed by atoms with van der Waals surface area (Å²) < 4.78 is 25.8. The summed E-state index contributed by atoms with van der Waals surface area (Å²) in [6.07, 6.45) is 0. The number of hydrogen-bond acceptors (Lipinski definition) is 2. The van der Waals surface area contributed by atoms with Gasteiger partial charge in [0.1, 0.15) is 0 Å². The van der Waals surface area contributed by atoms with Crippen molar-refractivity contribution in [2.75, 3.05) is 11.9 Å². The highest BCUT2D eigenvalue weighted by Gasteiger charge is 2.06. The van der Waals surface area contributed by atoms with Gasteiger partial charge in [0, 0.05) is 18.3 Å². The SMILES string of the molecule is Cc1ccccc1CNCC(=O)Nc1ccc(F)c(F)c1. The summed E-state index contributed by atoms with van der Waals surface area (Å²) in [7, 11) is 0. The fraction of sp³-hybridized carbons (Fsp3) is 0.188. The molecule has 5 heteroatoms. The first-order valence-electron chi connectivity index (χ1n) is 6.56. The zero-order valence-corrected chi connectivity index (χ0v) is 11.6. The molecule has 2 aromatic rings. The van der Waals surface area contributed by atoms with Gasteiger partial charge in [-0.1, -0.05) is 24.3 Å². The molecule has 0 bridgehead atoms. The van der Waals surface area contributed by atoms with Crippen molar-refractivity contribution in [1.82, 2.24) is 5.32 Å². The fourth-order valence-electron chi connectivity index (χ4n) is 1.90. The average molecular weight is 290 g/mol. The Balaban J connectivity index is 1.82. The van der Waals surface area contributed by atoms with Crippen molar-refractivity contribution < 1.29 is 13.6 Å². The molecule has 0 atom stereocenters. The van der Waals surface area contributed by atoms with E-state index in [2.05, 4.69) is 10.6 Å². The van der Waals surface area contributed by atoms with Gasteiger partial charge in [-0.05, 0) is 30.2 Å². The quantitative estimate of drug-likeness (QED) is 0.889. The monoisotopic (exact) mass is 290 g/mol. The van der Waals surface area contributed by atoms with E-state index in [0.29, 0.717) is 6.54 Å². The lowest BCUT2D eigenvalue weighted by Gasteiger charge is -2.08. The minimum absolute atomic E-state index is 0.0906. The molecule has 0 aliphatic heterocycles. The van der Waals surface area contributed by atoms with E-state index in [1.54, 1.807) is 0 Å². The van der Waals surface area contributed by atoms with Crippen LogP contribution in [-0.4, -0.2) is 12.5 Å². The highest BCUT2D eigenvalue weighted by Crippen LogP contribution is 2.12. The summed E-state index contributed by atoms with van der Waals surface area (Å²) >= 11 is 0. The fourth-order valence-corrected chi connectivity index (χ4v) is 1.90. The normalized spacial score (nSPS) is 10.4. The zero-order valence-electron chi connectivity index (χ0n) is 11.6. The predicted octanol–water partition coefficient (Wildman–Crippen LogP) is 3.00. The van der Waals surface area contributed by atoms with Crippen molar-refractivity contribution in [2.45, 2.75) is 13.5 Å². The standard InChI is InChI=1S/C16H16F2N2O/c1-11-4-2-3-5-12(11)9-19-10-16(21)20-13-6-7-14(17)15(18)8-13/h2-8,19H,9-10H2,1H3,(H,20,21). The Bertz CT molecular complexity index is 644. The van der Waals surface area contributed by atoms with Crippen molar-refractivity contribution in [3.63, 3.8) is 0 Å². The number of carbonyl (C=O) groups excluding carboxylic acids is 1. The van der Waals surface area contributed by atoms with Crippen molar-refractivity contribution in [3.8, 4) is 0 Å². The maximum Gasteiger partial charge on any atom is 0.238 e. The number of nitrogens with one attached hydrogen (secondary N) is 2. The Morgan fingerprint density at radius 2 is 1.86 bits per heavy atom. The van der Waals surface area contributed by atoms with Crippen LogP contribution in [0.25, 0.3) is 0 Å². The average Bonchev–Trinajstić information content (AvgIpc) is 2.45. The predicted molar refractivity (Wildman–Crippen MR) is 77.9 cm³/mol. The number of carbonyl (C=O) groups is 1. The molecule has 0 aliphatic rings. The van der Waals surface area contributed by atoms with Gasteiger partial charge in [0.25, 0.3) is 0 Å².